The molecule has 1 saturated carbocycles. The van der Waals surface area contributed by atoms with Gasteiger partial charge in [0.15, 0.2) is 0 Å². The van der Waals surface area contributed by atoms with Crippen molar-refractivity contribution in [3.05, 3.63) is 23.8 Å². The number of hydrogen-bond donors (Lipinski definition) is 0. The van der Waals surface area contributed by atoms with Crippen molar-refractivity contribution in [2.24, 2.45) is 5.41 Å². The van der Waals surface area contributed by atoms with Gasteiger partial charge in [0, 0.05) is 19.3 Å². The van der Waals surface area contributed by atoms with E-state index >= 15 is 0 Å². The molecule has 0 heterocycles. The summed E-state index contributed by atoms with van der Waals surface area (Å²) in [5, 5.41) is 9.30. The third-order valence-corrected chi connectivity index (χ3v) is 3.99. The van der Waals surface area contributed by atoms with Crippen molar-refractivity contribution in [3.63, 3.8) is 0 Å². The Kier molecular flexibility index (Phi) is 3.99. The van der Waals surface area contributed by atoms with Crippen LogP contribution in [-0.2, 0) is 0 Å². The van der Waals surface area contributed by atoms with Crippen molar-refractivity contribution >= 4 is 5.69 Å². The van der Waals surface area contributed by atoms with Crippen LogP contribution in [0.4, 0.5) is 5.69 Å². The molecule has 102 valence electrons. The first-order valence-corrected chi connectivity index (χ1v) is 6.96. The number of rotatable bonds is 5. The molecule has 1 fully saturated rings. The number of benzene rings is 1. The van der Waals surface area contributed by atoms with E-state index in [4.69, 9.17) is 4.74 Å². The van der Waals surface area contributed by atoms with Gasteiger partial charge in [0.1, 0.15) is 5.75 Å². The van der Waals surface area contributed by atoms with Crippen molar-refractivity contribution in [1.82, 2.24) is 0 Å². The van der Waals surface area contributed by atoms with Gasteiger partial charge in [-0.05, 0) is 50.5 Å². The van der Waals surface area contributed by atoms with Crippen LogP contribution in [0.1, 0.15) is 31.7 Å². The highest BCUT2D eigenvalue weighted by molar-refractivity contribution is 5.52. The number of ether oxygens (including phenoxy) is 1. The van der Waals surface area contributed by atoms with Crippen LogP contribution in [0, 0.1) is 23.7 Å². The molecule has 3 nitrogen and oxygen atoms in total. The SMILES string of the molecule is CCOc1ccc(N(C)CC2(C#N)CCC2)cc1C. The number of aryl methyl sites for hydroxylation is 1. The maximum absolute atomic E-state index is 9.30. The second kappa shape index (κ2) is 5.52. The summed E-state index contributed by atoms with van der Waals surface area (Å²) in [6.07, 6.45) is 3.25. The zero-order chi connectivity index (χ0) is 13.9. The Morgan fingerprint density at radius 1 is 1.42 bits per heavy atom. The Balaban J connectivity index is 2.09. The first-order valence-electron chi connectivity index (χ1n) is 6.96. The average Bonchev–Trinajstić information content (AvgIpc) is 2.36. The van der Waals surface area contributed by atoms with Gasteiger partial charge in [0.25, 0.3) is 0 Å². The van der Waals surface area contributed by atoms with E-state index in [1.165, 1.54) is 6.42 Å². The lowest BCUT2D eigenvalue weighted by atomic mass is 9.69. The van der Waals surface area contributed by atoms with Crippen LogP contribution in [0.3, 0.4) is 0 Å². The second-order valence-electron chi connectivity index (χ2n) is 5.48. The lowest BCUT2D eigenvalue weighted by molar-refractivity contribution is 0.223. The summed E-state index contributed by atoms with van der Waals surface area (Å²) >= 11 is 0. The molecule has 1 aromatic rings. The Bertz CT molecular complexity index is 486. The summed E-state index contributed by atoms with van der Waals surface area (Å²) in [6.45, 7) is 5.56. The molecule has 0 aromatic heterocycles. The minimum Gasteiger partial charge on any atom is -0.494 e. The molecular weight excluding hydrogens is 236 g/mol. The monoisotopic (exact) mass is 258 g/mol. The van der Waals surface area contributed by atoms with Crippen LogP contribution >= 0.6 is 0 Å². The minimum absolute atomic E-state index is 0.124. The Morgan fingerprint density at radius 2 is 2.16 bits per heavy atom. The normalized spacial score (nSPS) is 16.3. The van der Waals surface area contributed by atoms with Crippen LogP contribution in [0.25, 0.3) is 0 Å². The number of anilines is 1. The van der Waals surface area contributed by atoms with Crippen molar-refractivity contribution < 1.29 is 4.74 Å². The molecule has 0 aliphatic heterocycles. The van der Waals surface area contributed by atoms with Gasteiger partial charge in [-0.2, -0.15) is 5.26 Å². The molecule has 0 atom stereocenters. The van der Waals surface area contributed by atoms with Crippen molar-refractivity contribution in [2.45, 2.75) is 33.1 Å². The fraction of sp³-hybridized carbons (Fsp3) is 0.562. The Morgan fingerprint density at radius 3 is 2.63 bits per heavy atom. The van der Waals surface area contributed by atoms with Gasteiger partial charge >= 0.3 is 0 Å². The quantitative estimate of drug-likeness (QED) is 0.810. The van der Waals surface area contributed by atoms with E-state index in [2.05, 4.69) is 37.1 Å². The second-order valence-corrected chi connectivity index (χ2v) is 5.48. The standard InChI is InChI=1S/C16H22N2O/c1-4-19-15-7-6-14(10-13(15)2)18(3)12-16(11-17)8-5-9-16/h6-7,10H,4-5,8-9,12H2,1-3H3. The lowest BCUT2D eigenvalue weighted by Gasteiger charge is -2.39. The summed E-state index contributed by atoms with van der Waals surface area (Å²) in [5.74, 6) is 0.943. The van der Waals surface area contributed by atoms with Gasteiger partial charge in [0.05, 0.1) is 18.1 Å². The summed E-state index contributed by atoms with van der Waals surface area (Å²) in [6, 6.07) is 8.72. The maximum Gasteiger partial charge on any atom is 0.122 e. The van der Waals surface area contributed by atoms with Gasteiger partial charge in [0.2, 0.25) is 0 Å². The molecule has 0 bridgehead atoms. The first-order chi connectivity index (χ1) is 9.10. The van der Waals surface area contributed by atoms with E-state index in [1.54, 1.807) is 0 Å². The average molecular weight is 258 g/mol. The largest absolute Gasteiger partial charge is 0.494 e. The Hall–Kier alpha value is -1.69. The molecule has 0 spiro atoms. The molecule has 3 heteroatoms. The summed E-state index contributed by atoms with van der Waals surface area (Å²) in [4.78, 5) is 2.19. The van der Waals surface area contributed by atoms with E-state index in [0.717, 1.165) is 36.4 Å². The number of hydrogen-bond acceptors (Lipinski definition) is 3. The highest BCUT2D eigenvalue weighted by Crippen LogP contribution is 2.41. The highest BCUT2D eigenvalue weighted by Gasteiger charge is 2.38. The van der Waals surface area contributed by atoms with Gasteiger partial charge < -0.3 is 9.64 Å². The third kappa shape index (κ3) is 2.84. The van der Waals surface area contributed by atoms with E-state index in [9.17, 15) is 5.26 Å². The molecule has 1 aliphatic carbocycles. The number of nitriles is 1. The molecule has 0 N–H and O–H groups in total. The lowest BCUT2D eigenvalue weighted by Crippen LogP contribution is -2.39. The van der Waals surface area contributed by atoms with E-state index in [-0.39, 0.29) is 5.41 Å². The predicted molar refractivity (Wildman–Crippen MR) is 77.5 cm³/mol. The fourth-order valence-electron chi connectivity index (χ4n) is 2.64. The van der Waals surface area contributed by atoms with E-state index in [1.807, 2.05) is 13.0 Å². The molecule has 2 rings (SSSR count). The van der Waals surface area contributed by atoms with E-state index < -0.39 is 0 Å². The van der Waals surface area contributed by atoms with Crippen LogP contribution in [-0.4, -0.2) is 20.2 Å². The molecule has 19 heavy (non-hydrogen) atoms. The molecular formula is C16H22N2O. The zero-order valence-electron chi connectivity index (χ0n) is 12.1. The predicted octanol–water partition coefficient (Wildman–Crippen LogP) is 3.52. The fourth-order valence-corrected chi connectivity index (χ4v) is 2.64. The topological polar surface area (TPSA) is 36.3 Å². The summed E-state index contributed by atoms with van der Waals surface area (Å²) in [5.41, 5.74) is 2.18. The first kappa shape index (κ1) is 13.7. The van der Waals surface area contributed by atoms with Crippen molar-refractivity contribution in [1.29, 1.82) is 5.26 Å². The van der Waals surface area contributed by atoms with E-state index in [0.29, 0.717) is 6.61 Å². The highest BCUT2D eigenvalue weighted by atomic mass is 16.5. The van der Waals surface area contributed by atoms with Gasteiger partial charge in [-0.3, -0.25) is 0 Å². The molecule has 0 amide bonds. The summed E-state index contributed by atoms with van der Waals surface area (Å²) < 4.78 is 5.55. The minimum atomic E-state index is -0.124. The van der Waals surface area contributed by atoms with Gasteiger partial charge in [-0.1, -0.05) is 6.42 Å². The molecule has 0 radical (unpaired) electrons. The maximum atomic E-state index is 9.30. The van der Waals surface area contributed by atoms with Crippen LogP contribution < -0.4 is 9.64 Å². The van der Waals surface area contributed by atoms with Gasteiger partial charge in [-0.25, -0.2) is 0 Å². The molecule has 0 unspecified atom stereocenters. The molecule has 1 aliphatic rings. The third-order valence-electron chi connectivity index (χ3n) is 3.99. The Labute approximate surface area is 115 Å². The zero-order valence-corrected chi connectivity index (χ0v) is 12.1. The van der Waals surface area contributed by atoms with Crippen LogP contribution in [0.5, 0.6) is 5.75 Å². The number of nitrogens with zero attached hydrogens (tertiary/aromatic N) is 2. The molecule has 1 aromatic carbocycles. The van der Waals surface area contributed by atoms with Gasteiger partial charge in [-0.15, -0.1) is 0 Å². The van der Waals surface area contributed by atoms with Crippen LogP contribution in [0.15, 0.2) is 18.2 Å². The molecule has 0 saturated heterocycles. The smallest absolute Gasteiger partial charge is 0.122 e. The summed E-state index contributed by atoms with van der Waals surface area (Å²) in [7, 11) is 2.06. The van der Waals surface area contributed by atoms with Crippen molar-refractivity contribution in [2.75, 3.05) is 25.1 Å². The van der Waals surface area contributed by atoms with Crippen LogP contribution in [0.2, 0.25) is 0 Å². The van der Waals surface area contributed by atoms with Crippen molar-refractivity contribution in [3.8, 4) is 11.8 Å².